The SMILES string of the molecule is CCOc1ccccc1NC(=O)/C(C#N)=C/c1ccc(Sc2nc3ccccc3s2)c([N+](=O)[O-])c1. The molecule has 10 heteroatoms. The zero-order valence-corrected chi connectivity index (χ0v) is 20.1. The van der Waals surface area contributed by atoms with Crippen molar-refractivity contribution in [2.24, 2.45) is 0 Å². The molecule has 174 valence electrons. The van der Waals surface area contributed by atoms with E-state index in [0.29, 0.717) is 32.8 Å². The van der Waals surface area contributed by atoms with Gasteiger partial charge in [0.2, 0.25) is 0 Å². The summed E-state index contributed by atoms with van der Waals surface area (Å²) in [5.74, 6) is -0.164. The maximum atomic E-state index is 12.7. The molecule has 0 aliphatic heterocycles. The van der Waals surface area contributed by atoms with Crippen LogP contribution in [0, 0.1) is 21.4 Å². The Kier molecular flexibility index (Phi) is 7.40. The number of nitriles is 1. The first-order chi connectivity index (χ1) is 17.0. The van der Waals surface area contributed by atoms with Gasteiger partial charge >= 0.3 is 0 Å². The summed E-state index contributed by atoms with van der Waals surface area (Å²) in [6.07, 6.45) is 1.32. The lowest BCUT2D eigenvalue weighted by molar-refractivity contribution is -0.387. The van der Waals surface area contributed by atoms with Crippen LogP contribution in [0.25, 0.3) is 16.3 Å². The molecule has 1 aromatic heterocycles. The number of nitro benzene ring substituents is 1. The van der Waals surface area contributed by atoms with E-state index in [-0.39, 0.29) is 11.3 Å². The molecule has 1 amide bonds. The van der Waals surface area contributed by atoms with Crippen molar-refractivity contribution in [1.29, 1.82) is 5.26 Å². The fraction of sp³-hybridized carbons (Fsp3) is 0.0800. The number of carbonyl (C=O) groups is 1. The summed E-state index contributed by atoms with van der Waals surface area (Å²) in [7, 11) is 0. The average Bonchev–Trinajstić information content (AvgIpc) is 3.27. The maximum absolute atomic E-state index is 12.7. The molecular weight excluding hydrogens is 484 g/mol. The second-order valence-electron chi connectivity index (χ2n) is 7.09. The molecule has 0 unspecified atom stereocenters. The lowest BCUT2D eigenvalue weighted by atomic mass is 10.1. The van der Waals surface area contributed by atoms with E-state index in [4.69, 9.17) is 4.74 Å². The first-order valence-electron chi connectivity index (χ1n) is 10.5. The molecule has 0 saturated carbocycles. The first-order valence-corrected chi connectivity index (χ1v) is 12.1. The number of hydrogen-bond donors (Lipinski definition) is 1. The zero-order chi connectivity index (χ0) is 24.8. The molecule has 4 aromatic rings. The molecule has 0 aliphatic carbocycles. The Labute approximate surface area is 209 Å². The summed E-state index contributed by atoms with van der Waals surface area (Å²) in [4.78, 5) is 28.9. The standard InChI is InChI=1S/C25H18N4O4S2/c1-2-33-21-9-5-3-7-18(21)27-24(30)17(15-26)13-16-11-12-23(20(14-16)29(31)32)35-25-28-19-8-4-6-10-22(19)34-25/h3-14H,2H2,1H3,(H,27,30)/b17-13+. The van der Waals surface area contributed by atoms with Crippen molar-refractivity contribution < 1.29 is 14.5 Å². The smallest absolute Gasteiger partial charge is 0.283 e. The van der Waals surface area contributed by atoms with Gasteiger partial charge in [-0.05, 0) is 48.9 Å². The Bertz CT molecular complexity index is 1460. The fourth-order valence-corrected chi connectivity index (χ4v) is 5.31. The van der Waals surface area contributed by atoms with Crippen molar-refractivity contribution in [3.63, 3.8) is 0 Å². The number of aromatic nitrogens is 1. The summed E-state index contributed by atoms with van der Waals surface area (Å²) in [5.41, 5.74) is 1.28. The predicted molar refractivity (Wildman–Crippen MR) is 137 cm³/mol. The van der Waals surface area contributed by atoms with E-state index in [1.165, 1.54) is 35.2 Å². The molecule has 1 heterocycles. The van der Waals surface area contributed by atoms with Crippen LogP contribution in [0.5, 0.6) is 5.75 Å². The van der Waals surface area contributed by atoms with Crippen LogP contribution in [0.15, 0.2) is 81.5 Å². The van der Waals surface area contributed by atoms with Crippen LogP contribution < -0.4 is 10.1 Å². The number of anilines is 1. The molecule has 0 spiro atoms. The summed E-state index contributed by atoms with van der Waals surface area (Å²) in [6, 6.07) is 20.9. The monoisotopic (exact) mass is 502 g/mol. The summed E-state index contributed by atoms with van der Waals surface area (Å²) in [5, 5.41) is 24.0. The molecule has 0 atom stereocenters. The van der Waals surface area contributed by atoms with Gasteiger partial charge in [0.1, 0.15) is 17.4 Å². The van der Waals surface area contributed by atoms with Crippen molar-refractivity contribution >= 4 is 56.7 Å². The van der Waals surface area contributed by atoms with Gasteiger partial charge in [-0.1, -0.05) is 42.1 Å². The fourth-order valence-electron chi connectivity index (χ4n) is 3.20. The minimum absolute atomic E-state index is 0.137. The minimum Gasteiger partial charge on any atom is -0.492 e. The largest absolute Gasteiger partial charge is 0.492 e. The number of fused-ring (bicyclic) bond motifs is 1. The second kappa shape index (κ2) is 10.8. The van der Waals surface area contributed by atoms with E-state index >= 15 is 0 Å². The molecule has 35 heavy (non-hydrogen) atoms. The van der Waals surface area contributed by atoms with Crippen molar-refractivity contribution in [1.82, 2.24) is 4.98 Å². The first kappa shape index (κ1) is 23.9. The highest BCUT2D eigenvalue weighted by Crippen LogP contribution is 2.39. The van der Waals surface area contributed by atoms with Gasteiger partial charge in [0, 0.05) is 6.07 Å². The third kappa shape index (κ3) is 5.66. The number of thiazole rings is 1. The van der Waals surface area contributed by atoms with E-state index in [9.17, 15) is 20.2 Å². The predicted octanol–water partition coefficient (Wildman–Crippen LogP) is 6.30. The Hall–Kier alpha value is -4.20. The number of benzene rings is 3. The molecule has 4 rings (SSSR count). The van der Waals surface area contributed by atoms with Crippen molar-refractivity contribution in [3.05, 3.63) is 88.0 Å². The molecule has 0 aliphatic rings. The van der Waals surface area contributed by atoms with Gasteiger partial charge in [0.25, 0.3) is 11.6 Å². The minimum atomic E-state index is -0.643. The molecule has 0 saturated heterocycles. The van der Waals surface area contributed by atoms with Crippen LogP contribution in [-0.4, -0.2) is 22.4 Å². The quantitative estimate of drug-likeness (QED) is 0.130. The Morgan fingerprint density at radius 1 is 1.23 bits per heavy atom. The lowest BCUT2D eigenvalue weighted by Crippen LogP contribution is -2.14. The second-order valence-corrected chi connectivity index (χ2v) is 9.41. The molecule has 0 radical (unpaired) electrons. The van der Waals surface area contributed by atoms with Crippen LogP contribution in [0.4, 0.5) is 11.4 Å². The molecule has 1 N–H and O–H groups in total. The molecular formula is C25H18N4O4S2. The van der Waals surface area contributed by atoms with Crippen LogP contribution in [0.3, 0.4) is 0 Å². The van der Waals surface area contributed by atoms with Crippen molar-refractivity contribution in [3.8, 4) is 11.8 Å². The number of nitrogens with one attached hydrogen (secondary N) is 1. The zero-order valence-electron chi connectivity index (χ0n) is 18.4. The van der Waals surface area contributed by atoms with Crippen LogP contribution in [0.1, 0.15) is 12.5 Å². The maximum Gasteiger partial charge on any atom is 0.283 e. The summed E-state index contributed by atoms with van der Waals surface area (Å²) in [6.45, 7) is 2.24. The lowest BCUT2D eigenvalue weighted by Gasteiger charge is -2.10. The van der Waals surface area contributed by atoms with Crippen LogP contribution >= 0.6 is 23.1 Å². The number of nitro groups is 1. The van der Waals surface area contributed by atoms with Gasteiger partial charge in [0.15, 0.2) is 4.34 Å². The van der Waals surface area contributed by atoms with E-state index in [0.717, 1.165) is 10.2 Å². The molecule has 0 fully saturated rings. The van der Waals surface area contributed by atoms with Gasteiger partial charge < -0.3 is 10.1 Å². The van der Waals surface area contributed by atoms with E-state index in [2.05, 4.69) is 10.3 Å². The van der Waals surface area contributed by atoms with E-state index in [1.54, 1.807) is 36.4 Å². The number of ether oxygens (including phenoxy) is 1. The van der Waals surface area contributed by atoms with Gasteiger partial charge in [-0.2, -0.15) is 5.26 Å². The normalized spacial score (nSPS) is 11.1. The Morgan fingerprint density at radius 3 is 2.74 bits per heavy atom. The number of amides is 1. The average molecular weight is 503 g/mol. The van der Waals surface area contributed by atoms with Gasteiger partial charge in [0.05, 0.1) is 32.3 Å². The number of hydrogen-bond acceptors (Lipinski definition) is 8. The van der Waals surface area contributed by atoms with Crippen LogP contribution in [0.2, 0.25) is 0 Å². The van der Waals surface area contributed by atoms with Gasteiger partial charge in [-0.3, -0.25) is 14.9 Å². The van der Waals surface area contributed by atoms with Crippen molar-refractivity contribution in [2.75, 3.05) is 11.9 Å². The van der Waals surface area contributed by atoms with Crippen LogP contribution in [-0.2, 0) is 4.79 Å². The van der Waals surface area contributed by atoms with E-state index < -0.39 is 10.8 Å². The van der Waals surface area contributed by atoms with Gasteiger partial charge in [-0.25, -0.2) is 4.98 Å². The highest BCUT2D eigenvalue weighted by molar-refractivity contribution is 8.01. The van der Waals surface area contributed by atoms with E-state index in [1.807, 2.05) is 37.3 Å². The molecule has 3 aromatic carbocycles. The molecule has 8 nitrogen and oxygen atoms in total. The van der Waals surface area contributed by atoms with Gasteiger partial charge in [-0.15, -0.1) is 11.3 Å². The topological polar surface area (TPSA) is 118 Å². The number of rotatable bonds is 8. The third-order valence-corrected chi connectivity index (χ3v) is 6.92. The molecule has 0 bridgehead atoms. The highest BCUT2D eigenvalue weighted by Gasteiger charge is 2.19. The number of para-hydroxylation sites is 3. The summed E-state index contributed by atoms with van der Waals surface area (Å²) >= 11 is 2.65. The van der Waals surface area contributed by atoms with Crippen molar-refractivity contribution in [2.45, 2.75) is 16.2 Å². The highest BCUT2D eigenvalue weighted by atomic mass is 32.2. The number of nitrogens with zero attached hydrogens (tertiary/aromatic N) is 3. The summed E-state index contributed by atoms with van der Waals surface area (Å²) < 4.78 is 7.17. The Balaban J connectivity index is 1.59. The third-order valence-electron chi connectivity index (χ3n) is 4.76. The Morgan fingerprint density at radius 2 is 2.00 bits per heavy atom. The number of carbonyl (C=O) groups excluding carboxylic acids is 1.